The molecule has 0 saturated heterocycles. The van der Waals surface area contributed by atoms with Gasteiger partial charge in [-0.15, -0.1) is 0 Å². The average Bonchev–Trinajstić information content (AvgIpc) is 3.10. The topological polar surface area (TPSA) is 108 Å². The minimum absolute atomic E-state index is 0.0745. The molecule has 0 saturated carbocycles. The fraction of sp³-hybridized carbons (Fsp3) is 0.423. The van der Waals surface area contributed by atoms with Crippen molar-refractivity contribution in [2.45, 2.75) is 38.3 Å². The van der Waals surface area contributed by atoms with Gasteiger partial charge in [0.15, 0.2) is 0 Å². The third-order valence-corrected chi connectivity index (χ3v) is 6.03. The molecule has 0 fully saturated rings. The number of nitrogens with one attached hydrogen (secondary N) is 2. The molecule has 2 amide bonds. The third-order valence-electron chi connectivity index (χ3n) is 6.03. The molecule has 2 aromatic carbocycles. The van der Waals surface area contributed by atoms with Crippen LogP contribution in [0.4, 0.5) is 4.79 Å². The molecule has 34 heavy (non-hydrogen) atoms. The summed E-state index contributed by atoms with van der Waals surface area (Å²) in [6.45, 7) is 4.07. The number of rotatable bonds is 10. The summed E-state index contributed by atoms with van der Waals surface area (Å²) in [4.78, 5) is 38.5. The number of likely N-dealkylation sites (N-methyl/N-ethyl adjacent to an activating group) is 1. The predicted molar refractivity (Wildman–Crippen MR) is 130 cm³/mol. The summed E-state index contributed by atoms with van der Waals surface area (Å²) < 4.78 is 5.58. The molecule has 2 aromatic rings. The Morgan fingerprint density at radius 1 is 0.971 bits per heavy atom. The van der Waals surface area contributed by atoms with Crippen molar-refractivity contribution in [3.05, 3.63) is 59.7 Å². The van der Waals surface area contributed by atoms with Crippen LogP contribution in [-0.2, 0) is 14.3 Å². The normalized spacial score (nSPS) is 14.3. The highest BCUT2D eigenvalue weighted by molar-refractivity contribution is 5.86. The first-order chi connectivity index (χ1) is 16.2. The van der Waals surface area contributed by atoms with E-state index in [1.165, 1.54) is 0 Å². The highest BCUT2D eigenvalue weighted by Crippen LogP contribution is 2.44. The summed E-state index contributed by atoms with van der Waals surface area (Å²) in [5, 5.41) is 14.6. The predicted octanol–water partition coefficient (Wildman–Crippen LogP) is 3.07. The molecule has 2 atom stereocenters. The number of aliphatic carboxylic acids is 1. The minimum atomic E-state index is -0.993. The van der Waals surface area contributed by atoms with Crippen LogP contribution in [0.3, 0.4) is 0 Å². The Bertz CT molecular complexity index is 991. The van der Waals surface area contributed by atoms with E-state index in [1.54, 1.807) is 19.0 Å². The number of benzene rings is 2. The van der Waals surface area contributed by atoms with Crippen LogP contribution in [0.25, 0.3) is 11.1 Å². The van der Waals surface area contributed by atoms with Gasteiger partial charge in [-0.1, -0.05) is 62.4 Å². The number of alkyl carbamates (subject to hydrolysis) is 1. The summed E-state index contributed by atoms with van der Waals surface area (Å²) >= 11 is 0. The molecule has 8 nitrogen and oxygen atoms in total. The highest BCUT2D eigenvalue weighted by atomic mass is 16.5. The summed E-state index contributed by atoms with van der Waals surface area (Å²) in [5.41, 5.74) is 4.48. The number of ether oxygens (including phenoxy) is 1. The van der Waals surface area contributed by atoms with E-state index in [1.807, 2.05) is 50.2 Å². The van der Waals surface area contributed by atoms with E-state index in [0.717, 1.165) is 22.3 Å². The van der Waals surface area contributed by atoms with Crippen molar-refractivity contribution in [2.24, 2.45) is 5.92 Å². The van der Waals surface area contributed by atoms with E-state index in [0.29, 0.717) is 0 Å². The summed E-state index contributed by atoms with van der Waals surface area (Å²) in [6, 6.07) is 14.7. The Balaban J connectivity index is 1.66. The standard InChI is InChI=1S/C26H33N3O5/c1-16(2)22(13-24(30)31)27-25(32)23(14-29(3)4)28-26(33)34-15-21-19-11-7-5-9-17(19)18-10-6-8-12-20(18)21/h5-12,16,21-23H,13-15H2,1-4H3,(H,27,32)(H,28,33)(H,30,31). The number of hydrogen-bond acceptors (Lipinski definition) is 5. The van der Waals surface area contributed by atoms with Crippen LogP contribution in [0, 0.1) is 5.92 Å². The number of carbonyl (C=O) groups excluding carboxylic acids is 2. The maximum Gasteiger partial charge on any atom is 0.407 e. The lowest BCUT2D eigenvalue weighted by molar-refractivity contribution is -0.138. The van der Waals surface area contributed by atoms with Crippen molar-refractivity contribution >= 4 is 18.0 Å². The van der Waals surface area contributed by atoms with Crippen molar-refractivity contribution in [3.63, 3.8) is 0 Å². The van der Waals surface area contributed by atoms with E-state index in [-0.39, 0.29) is 31.4 Å². The van der Waals surface area contributed by atoms with Crippen molar-refractivity contribution < 1.29 is 24.2 Å². The van der Waals surface area contributed by atoms with Gasteiger partial charge in [0.2, 0.25) is 5.91 Å². The monoisotopic (exact) mass is 467 g/mol. The fourth-order valence-corrected chi connectivity index (χ4v) is 4.27. The first kappa shape index (κ1) is 25.2. The smallest absolute Gasteiger partial charge is 0.407 e. The van der Waals surface area contributed by atoms with Crippen molar-refractivity contribution in [2.75, 3.05) is 27.2 Å². The van der Waals surface area contributed by atoms with Crippen molar-refractivity contribution in [1.29, 1.82) is 0 Å². The zero-order valence-electron chi connectivity index (χ0n) is 20.1. The lowest BCUT2D eigenvalue weighted by Crippen LogP contribution is -2.54. The molecule has 0 heterocycles. The number of carboxylic acids is 1. The van der Waals surface area contributed by atoms with Crippen LogP contribution in [-0.4, -0.2) is 67.3 Å². The Hall–Kier alpha value is -3.39. The highest BCUT2D eigenvalue weighted by Gasteiger charge is 2.30. The van der Waals surface area contributed by atoms with Gasteiger partial charge in [0.1, 0.15) is 12.6 Å². The zero-order valence-corrected chi connectivity index (χ0v) is 20.1. The molecule has 182 valence electrons. The van der Waals surface area contributed by atoms with Gasteiger partial charge in [-0.2, -0.15) is 0 Å². The average molecular weight is 468 g/mol. The number of nitrogens with zero attached hydrogens (tertiary/aromatic N) is 1. The molecule has 8 heteroatoms. The van der Waals surface area contributed by atoms with E-state index >= 15 is 0 Å². The Morgan fingerprint density at radius 3 is 2.03 bits per heavy atom. The lowest BCUT2D eigenvalue weighted by Gasteiger charge is -2.26. The molecular weight excluding hydrogens is 434 g/mol. The van der Waals surface area contributed by atoms with E-state index < -0.39 is 30.1 Å². The number of hydrogen-bond donors (Lipinski definition) is 3. The third kappa shape index (κ3) is 6.14. The molecule has 1 aliphatic rings. The summed E-state index contributed by atoms with van der Waals surface area (Å²) in [7, 11) is 3.58. The van der Waals surface area contributed by atoms with Gasteiger partial charge in [-0.05, 0) is 42.3 Å². The molecule has 0 spiro atoms. The second-order valence-electron chi connectivity index (χ2n) is 9.24. The summed E-state index contributed by atoms with van der Waals surface area (Å²) in [6.07, 6.45) is -0.883. The van der Waals surface area contributed by atoms with Crippen LogP contribution in [0.5, 0.6) is 0 Å². The van der Waals surface area contributed by atoms with E-state index in [4.69, 9.17) is 9.84 Å². The molecule has 0 aromatic heterocycles. The van der Waals surface area contributed by atoms with E-state index in [2.05, 4.69) is 22.8 Å². The molecule has 1 aliphatic carbocycles. The van der Waals surface area contributed by atoms with Gasteiger partial charge >= 0.3 is 12.1 Å². The Morgan fingerprint density at radius 2 is 1.53 bits per heavy atom. The van der Waals surface area contributed by atoms with Gasteiger partial charge in [-0.3, -0.25) is 9.59 Å². The largest absolute Gasteiger partial charge is 0.481 e. The quantitative estimate of drug-likeness (QED) is 0.496. The van der Waals surface area contributed by atoms with Crippen LogP contribution in [0.15, 0.2) is 48.5 Å². The molecule has 0 radical (unpaired) electrons. The number of carbonyl (C=O) groups is 3. The lowest BCUT2D eigenvalue weighted by atomic mass is 9.98. The second kappa shape index (κ2) is 11.2. The molecule has 0 aliphatic heterocycles. The van der Waals surface area contributed by atoms with Crippen LogP contribution in [0.1, 0.15) is 37.3 Å². The number of carboxylic acid groups (broad SMARTS) is 1. The Kier molecular flexibility index (Phi) is 8.28. The molecule has 0 bridgehead atoms. The number of amides is 2. The first-order valence-corrected chi connectivity index (χ1v) is 11.5. The fourth-order valence-electron chi connectivity index (χ4n) is 4.27. The maximum absolute atomic E-state index is 12.9. The minimum Gasteiger partial charge on any atom is -0.481 e. The van der Waals surface area contributed by atoms with Crippen LogP contribution < -0.4 is 10.6 Å². The maximum atomic E-state index is 12.9. The van der Waals surface area contributed by atoms with Gasteiger partial charge < -0.3 is 25.4 Å². The number of fused-ring (bicyclic) bond motifs is 3. The first-order valence-electron chi connectivity index (χ1n) is 11.5. The molecule has 3 rings (SSSR count). The Labute approximate surface area is 200 Å². The van der Waals surface area contributed by atoms with Gasteiger partial charge in [-0.25, -0.2) is 4.79 Å². The van der Waals surface area contributed by atoms with Crippen molar-refractivity contribution in [3.8, 4) is 11.1 Å². The second-order valence-corrected chi connectivity index (χ2v) is 9.24. The van der Waals surface area contributed by atoms with Gasteiger partial charge in [0, 0.05) is 18.5 Å². The van der Waals surface area contributed by atoms with Gasteiger partial charge in [0.25, 0.3) is 0 Å². The molecule has 3 N–H and O–H groups in total. The SMILES string of the molecule is CC(C)C(CC(=O)O)NC(=O)C(CN(C)C)NC(=O)OCC1c2ccccc2-c2ccccc21. The van der Waals surface area contributed by atoms with Gasteiger partial charge in [0.05, 0.1) is 6.42 Å². The zero-order chi connectivity index (χ0) is 24.8. The molecule has 2 unspecified atom stereocenters. The van der Waals surface area contributed by atoms with Crippen LogP contribution in [0.2, 0.25) is 0 Å². The molecular formula is C26H33N3O5. The van der Waals surface area contributed by atoms with E-state index in [9.17, 15) is 14.4 Å². The summed E-state index contributed by atoms with van der Waals surface area (Å²) in [5.74, 6) is -1.59. The van der Waals surface area contributed by atoms with Crippen LogP contribution >= 0.6 is 0 Å². The van der Waals surface area contributed by atoms with Crippen molar-refractivity contribution in [1.82, 2.24) is 15.5 Å².